The molecular weight excluding hydrogens is 316 g/mol. The molecule has 6 heteroatoms. The van der Waals surface area contributed by atoms with Crippen LogP contribution < -0.4 is 20.1 Å². The third-order valence-electron chi connectivity index (χ3n) is 4.38. The van der Waals surface area contributed by atoms with Gasteiger partial charge in [0.2, 0.25) is 0 Å². The summed E-state index contributed by atoms with van der Waals surface area (Å²) in [6.45, 7) is 7.11. The van der Waals surface area contributed by atoms with E-state index in [-0.39, 0.29) is 0 Å². The molecule has 0 radical (unpaired) electrons. The van der Waals surface area contributed by atoms with E-state index >= 15 is 0 Å². The minimum absolute atomic E-state index is 0.702. The third-order valence-corrected chi connectivity index (χ3v) is 4.38. The standard InChI is InChI=1S/C19H32N4O2/c1-4-20-19(21-11-14-23-12-7-5-6-8-13-23)22-16-9-10-17(24-2)18(15-16)25-3/h9-10,15H,4-8,11-14H2,1-3H3,(H2,20,21,22). The zero-order chi connectivity index (χ0) is 17.9. The van der Waals surface area contributed by atoms with Gasteiger partial charge in [0.05, 0.1) is 20.8 Å². The molecular formula is C19H32N4O2. The molecule has 2 rings (SSSR count). The van der Waals surface area contributed by atoms with E-state index in [9.17, 15) is 0 Å². The Morgan fingerprint density at radius 3 is 2.44 bits per heavy atom. The van der Waals surface area contributed by atoms with Crippen molar-refractivity contribution in [2.45, 2.75) is 32.6 Å². The lowest BCUT2D eigenvalue weighted by molar-refractivity contribution is 0.293. The SMILES string of the molecule is CCNC(=NCCN1CCCCCC1)Nc1ccc(OC)c(OC)c1. The van der Waals surface area contributed by atoms with Crippen LogP contribution in [0.15, 0.2) is 23.2 Å². The summed E-state index contributed by atoms with van der Waals surface area (Å²) < 4.78 is 10.6. The zero-order valence-corrected chi connectivity index (χ0v) is 15.8. The molecule has 0 saturated carbocycles. The Hall–Kier alpha value is -1.95. The molecule has 1 aliphatic heterocycles. The van der Waals surface area contributed by atoms with Crippen molar-refractivity contribution in [1.82, 2.24) is 10.2 Å². The normalized spacial score (nSPS) is 16.2. The number of ether oxygens (including phenoxy) is 2. The van der Waals surface area contributed by atoms with E-state index in [1.807, 2.05) is 18.2 Å². The lowest BCUT2D eigenvalue weighted by Gasteiger charge is -2.19. The van der Waals surface area contributed by atoms with Gasteiger partial charge in [-0.2, -0.15) is 0 Å². The Morgan fingerprint density at radius 2 is 1.80 bits per heavy atom. The average molecular weight is 348 g/mol. The molecule has 1 saturated heterocycles. The van der Waals surface area contributed by atoms with Crippen LogP contribution in [0.4, 0.5) is 5.69 Å². The lowest BCUT2D eigenvalue weighted by Crippen LogP contribution is -2.32. The van der Waals surface area contributed by atoms with Crippen molar-refractivity contribution in [3.8, 4) is 11.5 Å². The molecule has 25 heavy (non-hydrogen) atoms. The monoisotopic (exact) mass is 348 g/mol. The van der Waals surface area contributed by atoms with Crippen LogP contribution in [0.25, 0.3) is 0 Å². The number of nitrogens with one attached hydrogen (secondary N) is 2. The predicted octanol–water partition coefficient (Wildman–Crippen LogP) is 2.96. The largest absolute Gasteiger partial charge is 0.493 e. The second-order valence-electron chi connectivity index (χ2n) is 6.21. The number of aliphatic imine (C=N–C) groups is 1. The van der Waals surface area contributed by atoms with Gasteiger partial charge >= 0.3 is 0 Å². The Kier molecular flexibility index (Phi) is 8.39. The molecule has 1 aromatic carbocycles. The van der Waals surface area contributed by atoms with Crippen molar-refractivity contribution >= 4 is 11.6 Å². The zero-order valence-electron chi connectivity index (χ0n) is 15.8. The van der Waals surface area contributed by atoms with Gasteiger partial charge in [-0.15, -0.1) is 0 Å². The molecule has 0 amide bonds. The number of methoxy groups -OCH3 is 2. The van der Waals surface area contributed by atoms with Crippen molar-refractivity contribution in [3.05, 3.63) is 18.2 Å². The molecule has 1 aliphatic rings. The van der Waals surface area contributed by atoms with Gasteiger partial charge in [-0.25, -0.2) is 0 Å². The van der Waals surface area contributed by atoms with Gasteiger partial charge in [-0.05, 0) is 45.0 Å². The number of benzene rings is 1. The fraction of sp³-hybridized carbons (Fsp3) is 0.632. The molecule has 140 valence electrons. The number of rotatable bonds is 7. The Bertz CT molecular complexity index is 540. The fourth-order valence-corrected chi connectivity index (χ4v) is 3.02. The van der Waals surface area contributed by atoms with Crippen molar-refractivity contribution in [3.63, 3.8) is 0 Å². The van der Waals surface area contributed by atoms with Gasteiger partial charge in [0.1, 0.15) is 0 Å². The summed E-state index contributed by atoms with van der Waals surface area (Å²) in [6, 6.07) is 5.77. The molecule has 0 unspecified atom stereocenters. The number of guanidine groups is 1. The summed E-state index contributed by atoms with van der Waals surface area (Å²) in [7, 11) is 3.28. The Labute approximate surface area is 151 Å². The topological polar surface area (TPSA) is 58.1 Å². The molecule has 0 bridgehead atoms. The van der Waals surface area contributed by atoms with E-state index < -0.39 is 0 Å². The highest BCUT2D eigenvalue weighted by molar-refractivity contribution is 5.93. The van der Waals surface area contributed by atoms with E-state index in [1.165, 1.54) is 38.8 Å². The van der Waals surface area contributed by atoms with Gasteiger partial charge in [0, 0.05) is 24.8 Å². The van der Waals surface area contributed by atoms with Crippen LogP contribution in [0.5, 0.6) is 11.5 Å². The van der Waals surface area contributed by atoms with E-state index in [2.05, 4.69) is 22.5 Å². The first-order valence-corrected chi connectivity index (χ1v) is 9.26. The second kappa shape index (κ2) is 10.8. The number of nitrogens with zero attached hydrogens (tertiary/aromatic N) is 2. The maximum atomic E-state index is 5.36. The minimum atomic E-state index is 0.702. The summed E-state index contributed by atoms with van der Waals surface area (Å²) in [5.74, 6) is 2.22. The van der Waals surface area contributed by atoms with Crippen LogP contribution in [-0.2, 0) is 0 Å². The van der Waals surface area contributed by atoms with Crippen molar-refractivity contribution in [2.75, 3.05) is 52.3 Å². The molecule has 0 aliphatic carbocycles. The van der Waals surface area contributed by atoms with Gasteiger partial charge in [0.25, 0.3) is 0 Å². The average Bonchev–Trinajstić information content (AvgIpc) is 2.90. The van der Waals surface area contributed by atoms with Crippen LogP contribution in [0.3, 0.4) is 0 Å². The highest BCUT2D eigenvalue weighted by atomic mass is 16.5. The van der Waals surface area contributed by atoms with Crippen LogP contribution in [0.2, 0.25) is 0 Å². The number of anilines is 1. The summed E-state index contributed by atoms with van der Waals surface area (Å²) in [6.07, 6.45) is 5.36. The predicted molar refractivity (Wildman–Crippen MR) is 104 cm³/mol. The first-order chi connectivity index (χ1) is 12.3. The molecule has 6 nitrogen and oxygen atoms in total. The molecule has 0 spiro atoms. The smallest absolute Gasteiger partial charge is 0.195 e. The van der Waals surface area contributed by atoms with Gasteiger partial charge in [0.15, 0.2) is 17.5 Å². The van der Waals surface area contributed by atoms with E-state index in [0.29, 0.717) is 5.75 Å². The maximum Gasteiger partial charge on any atom is 0.195 e. The van der Waals surface area contributed by atoms with Crippen LogP contribution in [-0.4, -0.2) is 57.8 Å². The third kappa shape index (κ3) is 6.46. The van der Waals surface area contributed by atoms with Gasteiger partial charge in [-0.3, -0.25) is 4.99 Å². The van der Waals surface area contributed by atoms with E-state index in [1.54, 1.807) is 14.2 Å². The summed E-state index contributed by atoms with van der Waals surface area (Å²) in [5, 5.41) is 6.64. The number of likely N-dealkylation sites (tertiary alicyclic amines) is 1. The van der Waals surface area contributed by atoms with Gasteiger partial charge in [-0.1, -0.05) is 12.8 Å². The molecule has 1 fully saturated rings. The van der Waals surface area contributed by atoms with E-state index in [0.717, 1.165) is 37.0 Å². The summed E-state index contributed by atoms with van der Waals surface area (Å²) in [4.78, 5) is 7.24. The van der Waals surface area contributed by atoms with Crippen molar-refractivity contribution in [2.24, 2.45) is 4.99 Å². The lowest BCUT2D eigenvalue weighted by atomic mass is 10.2. The number of hydrogen-bond donors (Lipinski definition) is 2. The molecule has 0 aromatic heterocycles. The first-order valence-electron chi connectivity index (χ1n) is 9.26. The molecule has 1 aromatic rings. The van der Waals surface area contributed by atoms with Crippen LogP contribution in [0, 0.1) is 0 Å². The molecule has 1 heterocycles. The highest BCUT2D eigenvalue weighted by Crippen LogP contribution is 2.29. The van der Waals surface area contributed by atoms with Crippen LogP contribution in [0.1, 0.15) is 32.6 Å². The van der Waals surface area contributed by atoms with Crippen LogP contribution >= 0.6 is 0 Å². The maximum absolute atomic E-state index is 5.36. The van der Waals surface area contributed by atoms with Crippen molar-refractivity contribution < 1.29 is 9.47 Å². The van der Waals surface area contributed by atoms with Gasteiger partial charge < -0.3 is 25.0 Å². The Morgan fingerprint density at radius 1 is 1.08 bits per heavy atom. The van der Waals surface area contributed by atoms with E-state index in [4.69, 9.17) is 14.5 Å². The summed E-state index contributed by atoms with van der Waals surface area (Å²) >= 11 is 0. The first kappa shape index (κ1) is 19.4. The quantitative estimate of drug-likeness (QED) is 0.586. The Balaban J connectivity index is 1.94. The second-order valence-corrected chi connectivity index (χ2v) is 6.21. The fourth-order valence-electron chi connectivity index (χ4n) is 3.02. The molecule has 0 atom stereocenters. The molecule has 2 N–H and O–H groups in total. The number of hydrogen-bond acceptors (Lipinski definition) is 4. The van der Waals surface area contributed by atoms with Crippen molar-refractivity contribution in [1.29, 1.82) is 0 Å². The summed E-state index contributed by atoms with van der Waals surface area (Å²) in [5.41, 5.74) is 0.923. The minimum Gasteiger partial charge on any atom is -0.493 e. The highest BCUT2D eigenvalue weighted by Gasteiger charge is 2.09.